The maximum absolute atomic E-state index is 9.35. The quantitative estimate of drug-likeness (QED) is 0.762. The zero-order chi connectivity index (χ0) is 15.8. The zero-order valence-corrected chi connectivity index (χ0v) is 13.7. The summed E-state index contributed by atoms with van der Waals surface area (Å²) in [5.41, 5.74) is 1.13. The van der Waals surface area contributed by atoms with Gasteiger partial charge < -0.3 is 19.9 Å². The van der Waals surface area contributed by atoms with Crippen LogP contribution in [0.3, 0.4) is 0 Å². The van der Waals surface area contributed by atoms with E-state index in [2.05, 4.69) is 10.2 Å². The van der Waals surface area contributed by atoms with E-state index in [1.165, 1.54) is 12.8 Å². The first-order chi connectivity index (χ1) is 10.8. The summed E-state index contributed by atoms with van der Waals surface area (Å²) in [4.78, 5) is 2.32. The predicted molar refractivity (Wildman–Crippen MR) is 87.5 cm³/mol. The lowest BCUT2D eigenvalue weighted by molar-refractivity contribution is 0.156. The van der Waals surface area contributed by atoms with Gasteiger partial charge in [0.15, 0.2) is 0 Å². The Balaban J connectivity index is 2.02. The molecule has 0 unspecified atom stereocenters. The van der Waals surface area contributed by atoms with Crippen LogP contribution < -0.4 is 14.8 Å². The van der Waals surface area contributed by atoms with Gasteiger partial charge in [0, 0.05) is 31.3 Å². The van der Waals surface area contributed by atoms with E-state index in [1.54, 1.807) is 14.2 Å². The van der Waals surface area contributed by atoms with Crippen LogP contribution in [0.2, 0.25) is 0 Å². The molecule has 5 heteroatoms. The highest BCUT2D eigenvalue weighted by atomic mass is 16.5. The minimum Gasteiger partial charge on any atom is -0.497 e. The van der Waals surface area contributed by atoms with Crippen LogP contribution in [0.25, 0.3) is 0 Å². The number of benzene rings is 1. The largest absolute Gasteiger partial charge is 0.497 e. The van der Waals surface area contributed by atoms with Gasteiger partial charge in [-0.25, -0.2) is 0 Å². The number of rotatable bonds is 8. The van der Waals surface area contributed by atoms with Crippen molar-refractivity contribution in [3.05, 3.63) is 23.8 Å². The Bertz CT molecular complexity index is 448. The Kier molecular flexibility index (Phi) is 6.96. The van der Waals surface area contributed by atoms with Gasteiger partial charge in [-0.1, -0.05) is 6.07 Å². The van der Waals surface area contributed by atoms with Crippen molar-refractivity contribution in [3.8, 4) is 11.5 Å². The fraction of sp³-hybridized carbons (Fsp3) is 0.647. The van der Waals surface area contributed by atoms with Crippen LogP contribution in [0.4, 0.5) is 0 Å². The third kappa shape index (κ3) is 4.87. The fourth-order valence-electron chi connectivity index (χ4n) is 3.03. The van der Waals surface area contributed by atoms with Crippen molar-refractivity contribution in [2.75, 3.05) is 47.0 Å². The summed E-state index contributed by atoms with van der Waals surface area (Å²) in [6.07, 6.45) is 2.42. The molecule has 1 aliphatic heterocycles. The van der Waals surface area contributed by atoms with Gasteiger partial charge in [-0.05, 0) is 37.9 Å². The molecule has 0 atom stereocenters. The first-order valence-corrected chi connectivity index (χ1v) is 8.01. The smallest absolute Gasteiger partial charge is 0.127 e. The van der Waals surface area contributed by atoms with E-state index < -0.39 is 0 Å². The molecule has 0 spiro atoms. The van der Waals surface area contributed by atoms with Gasteiger partial charge in [0.1, 0.15) is 11.5 Å². The highest BCUT2D eigenvalue weighted by Gasteiger charge is 2.18. The molecule has 0 aliphatic carbocycles. The monoisotopic (exact) mass is 308 g/mol. The highest BCUT2D eigenvalue weighted by Crippen LogP contribution is 2.26. The predicted octanol–water partition coefficient (Wildman–Crippen LogP) is 1.50. The summed E-state index contributed by atoms with van der Waals surface area (Å²) >= 11 is 0. The van der Waals surface area contributed by atoms with Crippen LogP contribution in [0, 0.1) is 5.92 Å². The van der Waals surface area contributed by atoms with Crippen molar-refractivity contribution in [2.24, 2.45) is 5.92 Å². The van der Waals surface area contributed by atoms with E-state index in [-0.39, 0.29) is 6.61 Å². The lowest BCUT2D eigenvalue weighted by Gasteiger charge is -2.30. The maximum Gasteiger partial charge on any atom is 0.127 e. The van der Waals surface area contributed by atoms with E-state index >= 15 is 0 Å². The van der Waals surface area contributed by atoms with Crippen LogP contribution >= 0.6 is 0 Å². The molecule has 0 radical (unpaired) electrons. The van der Waals surface area contributed by atoms with Crippen LogP contribution in [-0.2, 0) is 6.54 Å². The summed E-state index contributed by atoms with van der Waals surface area (Å²) in [6, 6.07) is 5.92. The van der Waals surface area contributed by atoms with E-state index in [9.17, 15) is 5.11 Å². The highest BCUT2D eigenvalue weighted by molar-refractivity contribution is 5.40. The number of aliphatic hydroxyl groups excluding tert-OH is 1. The first kappa shape index (κ1) is 17.1. The second-order valence-corrected chi connectivity index (χ2v) is 5.83. The molecule has 1 heterocycles. The van der Waals surface area contributed by atoms with Gasteiger partial charge in [-0.2, -0.15) is 0 Å². The minimum absolute atomic E-state index is 0.184. The third-order valence-corrected chi connectivity index (χ3v) is 4.28. The molecule has 1 fully saturated rings. The molecule has 0 bridgehead atoms. The van der Waals surface area contributed by atoms with Crippen LogP contribution in [0.15, 0.2) is 18.2 Å². The zero-order valence-electron chi connectivity index (χ0n) is 13.7. The summed E-state index contributed by atoms with van der Waals surface area (Å²) in [6.45, 7) is 4.89. The van der Waals surface area contributed by atoms with Gasteiger partial charge in [0.25, 0.3) is 0 Å². The van der Waals surface area contributed by atoms with Crippen molar-refractivity contribution in [1.29, 1.82) is 0 Å². The second-order valence-electron chi connectivity index (χ2n) is 5.83. The number of piperidine rings is 1. The molecule has 22 heavy (non-hydrogen) atoms. The van der Waals surface area contributed by atoms with Gasteiger partial charge >= 0.3 is 0 Å². The van der Waals surface area contributed by atoms with Crippen molar-refractivity contribution >= 4 is 0 Å². The van der Waals surface area contributed by atoms with Crippen LogP contribution in [-0.4, -0.2) is 57.0 Å². The Morgan fingerprint density at radius 3 is 2.64 bits per heavy atom. The van der Waals surface area contributed by atoms with Gasteiger partial charge in [0.2, 0.25) is 0 Å². The maximum atomic E-state index is 9.35. The normalized spacial score (nSPS) is 16.0. The Morgan fingerprint density at radius 2 is 2.00 bits per heavy atom. The van der Waals surface area contributed by atoms with Gasteiger partial charge in [0.05, 0.1) is 20.8 Å². The first-order valence-electron chi connectivity index (χ1n) is 8.01. The molecule has 1 aromatic rings. The van der Waals surface area contributed by atoms with Crippen molar-refractivity contribution < 1.29 is 14.6 Å². The second kappa shape index (κ2) is 8.98. The minimum atomic E-state index is 0.184. The van der Waals surface area contributed by atoms with Gasteiger partial charge in [-0.15, -0.1) is 0 Å². The number of aliphatic hydroxyl groups is 1. The van der Waals surface area contributed by atoms with Crippen molar-refractivity contribution in [1.82, 2.24) is 10.2 Å². The van der Waals surface area contributed by atoms with Gasteiger partial charge in [-0.3, -0.25) is 4.90 Å². The molecular weight excluding hydrogens is 280 g/mol. The Morgan fingerprint density at radius 1 is 1.23 bits per heavy atom. The number of ether oxygens (including phenoxy) is 2. The Labute approximate surface area is 133 Å². The standard InChI is InChI=1S/C17H28N2O3/c1-21-16-4-3-15(17(11-16)22-2)13-19(9-10-20)12-14-5-7-18-8-6-14/h3-4,11,14,18,20H,5-10,12-13H2,1-2H3. The molecule has 1 saturated heterocycles. The van der Waals surface area contributed by atoms with Crippen LogP contribution in [0.5, 0.6) is 11.5 Å². The molecule has 0 aromatic heterocycles. The topological polar surface area (TPSA) is 54.0 Å². The third-order valence-electron chi connectivity index (χ3n) is 4.28. The molecule has 2 N–H and O–H groups in total. The average Bonchev–Trinajstić information content (AvgIpc) is 2.56. The summed E-state index contributed by atoms with van der Waals surface area (Å²) < 4.78 is 10.7. The van der Waals surface area contributed by atoms with Crippen LogP contribution in [0.1, 0.15) is 18.4 Å². The lowest BCUT2D eigenvalue weighted by Crippen LogP contribution is -2.37. The Hall–Kier alpha value is -1.30. The fourth-order valence-corrected chi connectivity index (χ4v) is 3.03. The molecule has 0 saturated carbocycles. The van der Waals surface area contributed by atoms with Crippen molar-refractivity contribution in [2.45, 2.75) is 19.4 Å². The molecule has 124 valence electrons. The number of nitrogens with one attached hydrogen (secondary N) is 1. The molecule has 2 rings (SSSR count). The summed E-state index contributed by atoms with van der Waals surface area (Å²) in [5.74, 6) is 2.34. The number of methoxy groups -OCH3 is 2. The van der Waals surface area contributed by atoms with Crippen molar-refractivity contribution in [3.63, 3.8) is 0 Å². The SMILES string of the molecule is COc1ccc(CN(CCO)CC2CCNCC2)c(OC)c1. The molecular formula is C17H28N2O3. The van der Waals surface area contributed by atoms with E-state index in [0.29, 0.717) is 12.5 Å². The number of hydrogen-bond acceptors (Lipinski definition) is 5. The molecule has 1 aromatic carbocycles. The van der Waals surface area contributed by atoms with E-state index in [0.717, 1.165) is 43.2 Å². The number of nitrogens with zero attached hydrogens (tertiary/aromatic N) is 1. The van der Waals surface area contributed by atoms with E-state index in [1.807, 2.05) is 18.2 Å². The summed E-state index contributed by atoms with van der Waals surface area (Å²) in [5, 5.41) is 12.7. The molecule has 0 amide bonds. The number of hydrogen-bond donors (Lipinski definition) is 2. The molecule has 5 nitrogen and oxygen atoms in total. The lowest BCUT2D eigenvalue weighted by atomic mass is 9.97. The van der Waals surface area contributed by atoms with E-state index in [4.69, 9.17) is 9.47 Å². The average molecular weight is 308 g/mol. The molecule has 1 aliphatic rings. The summed E-state index contributed by atoms with van der Waals surface area (Å²) in [7, 11) is 3.34.